The van der Waals surface area contributed by atoms with Crippen molar-refractivity contribution >= 4 is 22.6 Å². The zero-order valence-electron chi connectivity index (χ0n) is 11.6. The van der Waals surface area contributed by atoms with Crippen molar-refractivity contribution in [2.45, 2.75) is 25.5 Å². The van der Waals surface area contributed by atoms with E-state index in [1.165, 1.54) is 6.92 Å². The second kappa shape index (κ2) is 6.37. The highest BCUT2D eigenvalue weighted by Crippen LogP contribution is 2.19. The predicted octanol–water partition coefficient (Wildman–Crippen LogP) is 1.33. The summed E-state index contributed by atoms with van der Waals surface area (Å²) >= 11 is 0. The molecular formula is C16H17NO4. The van der Waals surface area contributed by atoms with Crippen LogP contribution >= 0.6 is 0 Å². The molecule has 0 spiro atoms. The van der Waals surface area contributed by atoms with Crippen molar-refractivity contribution < 1.29 is 19.8 Å². The van der Waals surface area contributed by atoms with Crippen LogP contribution in [0.15, 0.2) is 42.5 Å². The van der Waals surface area contributed by atoms with Crippen molar-refractivity contribution in [2.24, 2.45) is 0 Å². The summed E-state index contributed by atoms with van der Waals surface area (Å²) in [5.41, 5.74) is 0.839. The minimum atomic E-state index is -1.24. The summed E-state index contributed by atoms with van der Waals surface area (Å²) in [4.78, 5) is 22.8. The number of hydrogen-bond donors (Lipinski definition) is 3. The Morgan fingerprint density at radius 3 is 2.48 bits per heavy atom. The fourth-order valence-electron chi connectivity index (χ4n) is 2.18. The van der Waals surface area contributed by atoms with Crippen LogP contribution in [-0.4, -0.2) is 34.2 Å². The first-order valence-corrected chi connectivity index (χ1v) is 6.67. The van der Waals surface area contributed by atoms with Gasteiger partial charge in [0.05, 0.1) is 0 Å². The van der Waals surface area contributed by atoms with Gasteiger partial charge in [0.1, 0.15) is 12.1 Å². The molecule has 2 unspecified atom stereocenters. The number of aliphatic hydroxyl groups is 1. The summed E-state index contributed by atoms with van der Waals surface area (Å²) in [5, 5.41) is 22.7. The van der Waals surface area contributed by atoms with E-state index in [1.807, 2.05) is 42.5 Å². The smallest absolute Gasteiger partial charge is 0.326 e. The number of aliphatic carboxylic acids is 1. The van der Waals surface area contributed by atoms with Crippen LogP contribution in [0.1, 0.15) is 12.5 Å². The molecule has 0 aromatic heterocycles. The first-order valence-electron chi connectivity index (χ1n) is 6.67. The van der Waals surface area contributed by atoms with E-state index < -0.39 is 24.0 Å². The lowest BCUT2D eigenvalue weighted by Gasteiger charge is -2.16. The van der Waals surface area contributed by atoms with E-state index >= 15 is 0 Å². The molecule has 3 N–H and O–H groups in total. The number of carboxylic acids is 1. The standard InChI is InChI=1S/C16H17NO4/c1-10(18)15(19)17-14(16(20)21)9-12-7-4-6-11-5-2-3-8-13(11)12/h2-8,10,14,18H,9H2,1H3,(H,17,19)(H,20,21). The Morgan fingerprint density at radius 1 is 1.14 bits per heavy atom. The van der Waals surface area contributed by atoms with Gasteiger partial charge in [-0.05, 0) is 23.3 Å². The molecule has 2 atom stereocenters. The number of carboxylic acid groups (broad SMARTS) is 1. The highest BCUT2D eigenvalue weighted by Gasteiger charge is 2.22. The lowest BCUT2D eigenvalue weighted by atomic mass is 9.98. The highest BCUT2D eigenvalue weighted by molar-refractivity contribution is 5.88. The summed E-state index contributed by atoms with van der Waals surface area (Å²) in [7, 11) is 0. The van der Waals surface area contributed by atoms with Crippen molar-refractivity contribution in [3.05, 3.63) is 48.0 Å². The van der Waals surface area contributed by atoms with Gasteiger partial charge >= 0.3 is 5.97 Å². The Kier molecular flexibility index (Phi) is 4.55. The van der Waals surface area contributed by atoms with Crippen molar-refractivity contribution in [1.29, 1.82) is 0 Å². The average molecular weight is 287 g/mol. The van der Waals surface area contributed by atoms with Crippen molar-refractivity contribution in [3.63, 3.8) is 0 Å². The Balaban J connectivity index is 2.27. The van der Waals surface area contributed by atoms with Crippen LogP contribution in [0, 0.1) is 0 Å². The van der Waals surface area contributed by atoms with E-state index in [-0.39, 0.29) is 6.42 Å². The maximum Gasteiger partial charge on any atom is 0.326 e. The van der Waals surface area contributed by atoms with Gasteiger partial charge in [-0.2, -0.15) is 0 Å². The maximum atomic E-state index is 11.5. The van der Waals surface area contributed by atoms with E-state index in [1.54, 1.807) is 0 Å². The van der Waals surface area contributed by atoms with Crippen LogP contribution in [0.3, 0.4) is 0 Å². The molecular weight excluding hydrogens is 270 g/mol. The molecule has 0 aliphatic carbocycles. The second-order valence-electron chi connectivity index (χ2n) is 4.92. The minimum Gasteiger partial charge on any atom is -0.480 e. The van der Waals surface area contributed by atoms with Gasteiger partial charge in [0.25, 0.3) is 0 Å². The third-order valence-corrected chi connectivity index (χ3v) is 3.30. The summed E-state index contributed by atoms with van der Waals surface area (Å²) in [6, 6.07) is 12.2. The fraction of sp³-hybridized carbons (Fsp3) is 0.250. The molecule has 0 heterocycles. The zero-order chi connectivity index (χ0) is 15.4. The number of fused-ring (bicyclic) bond motifs is 1. The van der Waals surface area contributed by atoms with E-state index in [4.69, 9.17) is 0 Å². The van der Waals surface area contributed by atoms with E-state index in [2.05, 4.69) is 5.32 Å². The van der Waals surface area contributed by atoms with Crippen LogP contribution in [0.25, 0.3) is 10.8 Å². The molecule has 0 saturated heterocycles. The molecule has 0 aliphatic rings. The largest absolute Gasteiger partial charge is 0.480 e. The molecule has 0 bridgehead atoms. The van der Waals surface area contributed by atoms with Crippen LogP contribution in [0.4, 0.5) is 0 Å². The first kappa shape index (κ1) is 15.0. The quantitative estimate of drug-likeness (QED) is 0.774. The molecule has 5 nitrogen and oxygen atoms in total. The van der Waals surface area contributed by atoms with Crippen LogP contribution < -0.4 is 5.32 Å². The summed E-state index contributed by atoms with van der Waals surface area (Å²) in [6.45, 7) is 1.30. The van der Waals surface area contributed by atoms with Gasteiger partial charge in [0, 0.05) is 6.42 Å². The lowest BCUT2D eigenvalue weighted by Crippen LogP contribution is -2.45. The van der Waals surface area contributed by atoms with Gasteiger partial charge < -0.3 is 15.5 Å². The van der Waals surface area contributed by atoms with Crippen molar-refractivity contribution in [2.75, 3.05) is 0 Å². The third-order valence-electron chi connectivity index (χ3n) is 3.30. The molecule has 0 aliphatic heterocycles. The molecule has 0 radical (unpaired) electrons. The Hall–Kier alpha value is -2.40. The molecule has 5 heteroatoms. The molecule has 0 saturated carbocycles. The summed E-state index contributed by atoms with van der Waals surface area (Å²) in [6.07, 6.45) is -1.07. The number of carbonyl (C=O) groups excluding carboxylic acids is 1. The SMILES string of the molecule is CC(O)C(=O)NC(Cc1cccc2ccccc12)C(=O)O. The minimum absolute atomic E-state index is 0.162. The number of carbonyl (C=O) groups is 2. The molecule has 2 rings (SSSR count). The summed E-state index contributed by atoms with van der Waals surface area (Å²) in [5.74, 6) is -1.82. The monoisotopic (exact) mass is 287 g/mol. The molecule has 110 valence electrons. The number of rotatable bonds is 5. The van der Waals surface area contributed by atoms with Gasteiger partial charge in [-0.1, -0.05) is 42.5 Å². The van der Waals surface area contributed by atoms with Crippen molar-refractivity contribution in [1.82, 2.24) is 5.32 Å². The van der Waals surface area contributed by atoms with Crippen LogP contribution in [0.5, 0.6) is 0 Å². The zero-order valence-corrected chi connectivity index (χ0v) is 11.6. The Morgan fingerprint density at radius 2 is 1.81 bits per heavy atom. The normalized spacial score (nSPS) is 13.6. The summed E-state index contributed by atoms with van der Waals surface area (Å²) < 4.78 is 0. The lowest BCUT2D eigenvalue weighted by molar-refractivity contribution is -0.143. The number of benzene rings is 2. The van der Waals surface area contributed by atoms with Gasteiger partial charge in [0.2, 0.25) is 5.91 Å². The number of hydrogen-bond acceptors (Lipinski definition) is 3. The Bertz CT molecular complexity index is 661. The van der Waals surface area contributed by atoms with Gasteiger partial charge in [0.15, 0.2) is 0 Å². The number of aliphatic hydroxyl groups excluding tert-OH is 1. The Labute approximate surface area is 122 Å². The van der Waals surface area contributed by atoms with Gasteiger partial charge in [-0.3, -0.25) is 4.79 Å². The van der Waals surface area contributed by atoms with E-state index in [0.29, 0.717) is 0 Å². The third kappa shape index (κ3) is 3.58. The van der Waals surface area contributed by atoms with Gasteiger partial charge in [-0.25, -0.2) is 4.79 Å². The molecule has 2 aromatic rings. The van der Waals surface area contributed by atoms with Crippen molar-refractivity contribution in [3.8, 4) is 0 Å². The predicted molar refractivity (Wildman–Crippen MR) is 78.9 cm³/mol. The van der Waals surface area contributed by atoms with Crippen LogP contribution in [0.2, 0.25) is 0 Å². The number of nitrogens with one attached hydrogen (secondary N) is 1. The maximum absolute atomic E-state index is 11.5. The second-order valence-corrected chi connectivity index (χ2v) is 4.92. The first-order chi connectivity index (χ1) is 9.99. The average Bonchev–Trinajstić information content (AvgIpc) is 2.46. The molecule has 2 aromatic carbocycles. The molecule has 21 heavy (non-hydrogen) atoms. The number of amides is 1. The molecule has 0 fully saturated rings. The van der Waals surface area contributed by atoms with E-state index in [9.17, 15) is 19.8 Å². The highest BCUT2D eigenvalue weighted by atomic mass is 16.4. The fourth-order valence-corrected chi connectivity index (χ4v) is 2.18. The topological polar surface area (TPSA) is 86.6 Å². The molecule has 1 amide bonds. The van der Waals surface area contributed by atoms with E-state index in [0.717, 1.165) is 16.3 Å². The van der Waals surface area contributed by atoms with Crippen LogP contribution in [-0.2, 0) is 16.0 Å². The van der Waals surface area contributed by atoms with Gasteiger partial charge in [-0.15, -0.1) is 0 Å².